The molecule has 1 aliphatic carbocycles. The lowest BCUT2D eigenvalue weighted by atomic mass is 9.94. The first-order valence-corrected chi connectivity index (χ1v) is 13.1. The van der Waals surface area contributed by atoms with Crippen molar-refractivity contribution in [2.45, 2.75) is 76.5 Å². The Morgan fingerprint density at radius 2 is 1.89 bits per heavy atom. The Morgan fingerprint density at radius 1 is 1.19 bits per heavy atom. The fourth-order valence-electron chi connectivity index (χ4n) is 4.95. The van der Waals surface area contributed by atoms with Crippen LogP contribution in [0.25, 0.3) is 5.69 Å². The minimum Gasteiger partial charge on any atom is -0.388 e. The van der Waals surface area contributed by atoms with E-state index in [4.69, 9.17) is 11.6 Å². The standard InChI is InChI=1S/C25H35ClN6O4/c1-17-30-32(24(35)31(17)15-22(33)29-18-8-12-27-13-9-18)19-6-7-21(26)20(14-19)23(34)28-16-25(36)10-4-2-3-5-11-25/h6-7,14,18,27,36H,2-5,8-13,15-16H2,1H3,(H,28,34)(H,29,33). The van der Waals surface area contributed by atoms with Crippen LogP contribution in [0.15, 0.2) is 23.0 Å². The van der Waals surface area contributed by atoms with Crippen LogP contribution in [0.5, 0.6) is 0 Å². The maximum Gasteiger partial charge on any atom is 0.351 e. The molecule has 4 rings (SSSR count). The number of piperidine rings is 1. The van der Waals surface area contributed by atoms with Gasteiger partial charge in [0.05, 0.1) is 21.9 Å². The van der Waals surface area contributed by atoms with Crippen molar-refractivity contribution in [2.75, 3.05) is 19.6 Å². The van der Waals surface area contributed by atoms with Gasteiger partial charge in [0.25, 0.3) is 5.91 Å². The van der Waals surface area contributed by atoms with E-state index in [1.54, 1.807) is 13.0 Å². The van der Waals surface area contributed by atoms with E-state index in [1.165, 1.54) is 21.4 Å². The number of aliphatic hydroxyl groups is 1. The molecular weight excluding hydrogens is 484 g/mol. The van der Waals surface area contributed by atoms with Crippen molar-refractivity contribution in [1.82, 2.24) is 30.3 Å². The second kappa shape index (κ2) is 11.6. The minimum absolute atomic E-state index is 0.0955. The summed E-state index contributed by atoms with van der Waals surface area (Å²) in [6.07, 6.45) is 7.05. The average Bonchev–Trinajstić information content (AvgIpc) is 3.00. The lowest BCUT2D eigenvalue weighted by Gasteiger charge is -2.26. The first-order valence-electron chi connectivity index (χ1n) is 12.7. The second-order valence-electron chi connectivity index (χ2n) is 9.90. The highest BCUT2D eigenvalue weighted by molar-refractivity contribution is 6.33. The third kappa shape index (κ3) is 6.35. The Bertz CT molecular complexity index is 1150. The van der Waals surface area contributed by atoms with Crippen molar-refractivity contribution < 1.29 is 14.7 Å². The van der Waals surface area contributed by atoms with Crippen LogP contribution < -0.4 is 21.6 Å². The number of hydrogen-bond donors (Lipinski definition) is 4. The normalized spacial score (nSPS) is 18.4. The highest BCUT2D eigenvalue weighted by Crippen LogP contribution is 2.27. The van der Waals surface area contributed by atoms with Crippen LogP contribution in [-0.2, 0) is 11.3 Å². The summed E-state index contributed by atoms with van der Waals surface area (Å²) in [7, 11) is 0. The zero-order chi connectivity index (χ0) is 25.7. The Hall–Kier alpha value is -2.69. The van der Waals surface area contributed by atoms with Gasteiger partial charge in [-0.3, -0.25) is 14.2 Å². The maximum atomic E-state index is 13.1. The van der Waals surface area contributed by atoms with Crippen LogP contribution in [0.2, 0.25) is 5.02 Å². The Labute approximate surface area is 215 Å². The summed E-state index contributed by atoms with van der Waals surface area (Å²) in [6.45, 7) is 3.38. The van der Waals surface area contributed by atoms with Crippen LogP contribution in [0.3, 0.4) is 0 Å². The molecule has 0 spiro atoms. The van der Waals surface area contributed by atoms with Crippen LogP contribution in [0.1, 0.15) is 67.5 Å². The number of aromatic nitrogens is 3. The number of nitrogens with zero attached hydrogens (tertiary/aromatic N) is 3. The van der Waals surface area contributed by atoms with E-state index in [9.17, 15) is 19.5 Å². The number of benzene rings is 1. The molecule has 2 fully saturated rings. The SMILES string of the molecule is Cc1nn(-c2ccc(Cl)c(C(=O)NCC3(O)CCCCCC3)c2)c(=O)n1CC(=O)NC1CCNCC1. The first-order chi connectivity index (χ1) is 17.3. The largest absolute Gasteiger partial charge is 0.388 e. The van der Waals surface area contributed by atoms with Gasteiger partial charge in [-0.25, -0.2) is 4.79 Å². The van der Waals surface area contributed by atoms with Crippen molar-refractivity contribution in [3.8, 4) is 5.69 Å². The zero-order valence-corrected chi connectivity index (χ0v) is 21.4. The smallest absolute Gasteiger partial charge is 0.351 e. The molecule has 0 atom stereocenters. The van der Waals surface area contributed by atoms with Crippen LogP contribution in [0, 0.1) is 6.92 Å². The van der Waals surface area contributed by atoms with Crippen molar-refractivity contribution in [2.24, 2.45) is 0 Å². The molecule has 2 heterocycles. The van der Waals surface area contributed by atoms with Gasteiger partial charge >= 0.3 is 5.69 Å². The van der Waals surface area contributed by atoms with Gasteiger partial charge in [-0.1, -0.05) is 37.3 Å². The van der Waals surface area contributed by atoms with Crippen molar-refractivity contribution in [3.63, 3.8) is 0 Å². The Balaban J connectivity index is 1.47. The van der Waals surface area contributed by atoms with E-state index < -0.39 is 17.2 Å². The van der Waals surface area contributed by atoms with Crippen LogP contribution in [-0.4, -0.2) is 62.5 Å². The number of carbonyl (C=O) groups excluding carboxylic acids is 2. The molecule has 1 saturated heterocycles. The molecule has 2 aliphatic rings. The van der Waals surface area contributed by atoms with Crippen molar-refractivity contribution in [3.05, 3.63) is 45.1 Å². The van der Waals surface area contributed by atoms with Gasteiger partial charge in [-0.2, -0.15) is 9.78 Å². The fraction of sp³-hybridized carbons (Fsp3) is 0.600. The van der Waals surface area contributed by atoms with Gasteiger partial charge in [0.2, 0.25) is 5.91 Å². The molecule has 11 heteroatoms. The molecule has 2 aromatic rings. The number of aryl methyl sites for hydroxylation is 1. The van der Waals surface area contributed by atoms with Gasteiger partial charge in [0.15, 0.2) is 0 Å². The molecule has 1 aromatic carbocycles. The first kappa shape index (κ1) is 26.4. The highest BCUT2D eigenvalue weighted by atomic mass is 35.5. The molecular formula is C25H35ClN6O4. The van der Waals surface area contributed by atoms with E-state index in [2.05, 4.69) is 21.0 Å². The number of rotatable bonds is 7. The molecule has 1 aliphatic heterocycles. The van der Waals surface area contributed by atoms with E-state index in [0.717, 1.165) is 51.6 Å². The summed E-state index contributed by atoms with van der Waals surface area (Å²) < 4.78 is 2.48. The summed E-state index contributed by atoms with van der Waals surface area (Å²) >= 11 is 6.30. The number of nitrogens with one attached hydrogen (secondary N) is 3. The molecule has 2 amide bonds. The van der Waals surface area contributed by atoms with E-state index >= 15 is 0 Å². The number of carbonyl (C=O) groups is 2. The van der Waals surface area contributed by atoms with E-state index in [1.807, 2.05) is 0 Å². The molecule has 10 nitrogen and oxygen atoms in total. The predicted molar refractivity (Wildman–Crippen MR) is 137 cm³/mol. The minimum atomic E-state index is -0.919. The molecule has 0 radical (unpaired) electrons. The summed E-state index contributed by atoms with van der Waals surface area (Å²) in [6, 6.07) is 4.74. The zero-order valence-electron chi connectivity index (χ0n) is 20.7. The van der Waals surface area contributed by atoms with Crippen molar-refractivity contribution in [1.29, 1.82) is 0 Å². The average molecular weight is 519 g/mol. The lowest BCUT2D eigenvalue weighted by molar-refractivity contribution is -0.122. The summed E-state index contributed by atoms with van der Waals surface area (Å²) in [4.78, 5) is 38.6. The Morgan fingerprint density at radius 3 is 2.58 bits per heavy atom. The number of halogens is 1. The highest BCUT2D eigenvalue weighted by Gasteiger charge is 2.29. The van der Waals surface area contributed by atoms with Gasteiger partial charge in [-0.05, 0) is 63.9 Å². The summed E-state index contributed by atoms with van der Waals surface area (Å²) in [5.41, 5.74) is -0.843. The van der Waals surface area contributed by atoms with E-state index in [0.29, 0.717) is 24.4 Å². The third-order valence-electron chi connectivity index (χ3n) is 7.10. The number of hydrogen-bond acceptors (Lipinski definition) is 6. The van der Waals surface area contributed by atoms with Gasteiger partial charge in [-0.15, -0.1) is 0 Å². The lowest BCUT2D eigenvalue weighted by Crippen LogP contribution is -2.44. The van der Waals surface area contributed by atoms with Gasteiger partial charge in [0, 0.05) is 12.6 Å². The molecule has 1 aromatic heterocycles. The quantitative estimate of drug-likeness (QED) is 0.413. The Kier molecular flexibility index (Phi) is 8.48. The topological polar surface area (TPSA) is 130 Å². The molecule has 0 bridgehead atoms. The van der Waals surface area contributed by atoms with E-state index in [-0.39, 0.29) is 35.6 Å². The molecule has 1 saturated carbocycles. The maximum absolute atomic E-state index is 13.1. The van der Waals surface area contributed by atoms with Crippen LogP contribution in [0.4, 0.5) is 0 Å². The fourth-order valence-corrected chi connectivity index (χ4v) is 5.15. The van der Waals surface area contributed by atoms with Crippen molar-refractivity contribution >= 4 is 23.4 Å². The summed E-state index contributed by atoms with van der Waals surface area (Å²) in [5.74, 6) is -0.277. The predicted octanol–water partition coefficient (Wildman–Crippen LogP) is 1.68. The molecule has 36 heavy (non-hydrogen) atoms. The molecule has 196 valence electrons. The van der Waals surface area contributed by atoms with Gasteiger partial charge < -0.3 is 21.1 Å². The van der Waals surface area contributed by atoms with Gasteiger partial charge in [0.1, 0.15) is 12.4 Å². The van der Waals surface area contributed by atoms with Crippen LogP contribution >= 0.6 is 11.6 Å². The summed E-state index contributed by atoms with van der Waals surface area (Å²) in [5, 5.41) is 24.4. The second-order valence-corrected chi connectivity index (χ2v) is 10.3. The molecule has 4 N–H and O–H groups in total. The molecule has 0 unspecified atom stereocenters. The third-order valence-corrected chi connectivity index (χ3v) is 7.43. The number of amides is 2. The monoisotopic (exact) mass is 518 g/mol.